The molecule has 166 valence electrons. The number of ether oxygens (including phenoxy) is 1. The van der Waals surface area contributed by atoms with E-state index >= 15 is 0 Å². The first-order chi connectivity index (χ1) is 14.0. The van der Waals surface area contributed by atoms with Crippen LogP contribution in [0.15, 0.2) is 30.3 Å². The maximum absolute atomic E-state index is 14.0. The number of halogens is 3. The molecule has 1 fully saturated rings. The lowest BCUT2D eigenvalue weighted by Crippen LogP contribution is -2.24. The Bertz CT molecular complexity index is 993. The van der Waals surface area contributed by atoms with Gasteiger partial charge in [-0.3, -0.25) is 4.18 Å². The first-order valence-electron chi connectivity index (χ1n) is 10.2. The van der Waals surface area contributed by atoms with E-state index in [2.05, 4.69) is 6.92 Å². The predicted molar refractivity (Wildman–Crippen MR) is 110 cm³/mol. The molecule has 4 nitrogen and oxygen atoms in total. The average molecular weight is 445 g/mol. The molecule has 1 atom stereocenters. The van der Waals surface area contributed by atoms with Gasteiger partial charge in [0.15, 0.2) is 0 Å². The van der Waals surface area contributed by atoms with Crippen LogP contribution in [0.25, 0.3) is 10.8 Å². The molecule has 1 aliphatic carbocycles. The summed E-state index contributed by atoms with van der Waals surface area (Å²) < 4.78 is 75.7. The standard InChI is InChI=1S/C22H27F3O4S/c1-4-19(29-30(3,26)27)16-7-11-18-15(13-16)8-12-20(21(18)22(23,24)25)28-17-9-5-14(2)6-10-17/h7-8,11-14,17,19H,4-6,9-10H2,1-3H3. The zero-order valence-corrected chi connectivity index (χ0v) is 18.1. The number of fused-ring (bicyclic) bond motifs is 1. The smallest absolute Gasteiger partial charge is 0.420 e. The Morgan fingerprint density at radius 1 is 1.10 bits per heavy atom. The predicted octanol–water partition coefficient (Wildman–Crippen LogP) is 6.24. The number of hydrogen-bond donors (Lipinski definition) is 0. The van der Waals surface area contributed by atoms with E-state index in [4.69, 9.17) is 8.92 Å². The second-order valence-corrected chi connectivity index (χ2v) is 9.71. The van der Waals surface area contributed by atoms with Gasteiger partial charge in [0.25, 0.3) is 10.1 Å². The van der Waals surface area contributed by atoms with Crippen LogP contribution in [-0.2, 0) is 20.5 Å². The number of alkyl halides is 3. The fourth-order valence-electron chi connectivity index (χ4n) is 4.02. The normalized spacial score (nSPS) is 21.5. The van der Waals surface area contributed by atoms with Crippen molar-refractivity contribution in [3.05, 3.63) is 41.5 Å². The topological polar surface area (TPSA) is 52.6 Å². The Kier molecular flexibility index (Phi) is 6.67. The van der Waals surface area contributed by atoms with Gasteiger partial charge in [0.1, 0.15) is 17.4 Å². The van der Waals surface area contributed by atoms with Crippen LogP contribution in [0.1, 0.15) is 63.2 Å². The summed E-state index contributed by atoms with van der Waals surface area (Å²) in [5, 5.41) is 0.391. The van der Waals surface area contributed by atoms with E-state index in [0.717, 1.165) is 31.9 Å². The van der Waals surface area contributed by atoms with Crippen LogP contribution in [0, 0.1) is 5.92 Å². The molecule has 30 heavy (non-hydrogen) atoms. The lowest BCUT2D eigenvalue weighted by molar-refractivity contribution is -0.138. The van der Waals surface area contributed by atoms with Gasteiger partial charge in [-0.1, -0.05) is 32.0 Å². The highest BCUT2D eigenvalue weighted by Crippen LogP contribution is 2.43. The number of rotatable bonds is 6. The molecule has 0 saturated heterocycles. The molecular weight excluding hydrogens is 417 g/mol. The average Bonchev–Trinajstić information content (AvgIpc) is 2.65. The zero-order chi connectivity index (χ0) is 22.1. The summed E-state index contributed by atoms with van der Waals surface area (Å²) >= 11 is 0. The van der Waals surface area contributed by atoms with E-state index in [0.29, 0.717) is 23.3 Å². The number of benzene rings is 2. The van der Waals surface area contributed by atoms with Crippen molar-refractivity contribution >= 4 is 20.9 Å². The Hall–Kier alpha value is -1.80. The molecule has 0 bridgehead atoms. The SMILES string of the molecule is CCC(OS(C)(=O)=O)c1ccc2c(C(F)(F)F)c(OC3CCC(C)CC3)ccc2c1. The summed E-state index contributed by atoms with van der Waals surface area (Å²) in [5.74, 6) is 0.421. The second kappa shape index (κ2) is 8.75. The summed E-state index contributed by atoms with van der Waals surface area (Å²) in [4.78, 5) is 0. The van der Waals surface area contributed by atoms with Gasteiger partial charge in [0.05, 0.1) is 12.4 Å². The molecule has 0 radical (unpaired) electrons. The van der Waals surface area contributed by atoms with Crippen molar-refractivity contribution in [2.45, 2.75) is 64.3 Å². The van der Waals surface area contributed by atoms with Crippen molar-refractivity contribution in [3.8, 4) is 5.75 Å². The van der Waals surface area contributed by atoms with Crippen LogP contribution >= 0.6 is 0 Å². The molecule has 0 amide bonds. The fourth-order valence-corrected chi connectivity index (χ4v) is 4.69. The van der Waals surface area contributed by atoms with E-state index < -0.39 is 28.0 Å². The molecule has 0 aromatic heterocycles. The highest BCUT2D eigenvalue weighted by atomic mass is 32.2. The summed E-state index contributed by atoms with van der Waals surface area (Å²) in [5.41, 5.74) is -0.277. The second-order valence-electron chi connectivity index (χ2n) is 8.11. The van der Waals surface area contributed by atoms with E-state index in [1.165, 1.54) is 18.2 Å². The molecule has 0 aliphatic heterocycles. The van der Waals surface area contributed by atoms with Crippen molar-refractivity contribution < 1.29 is 30.5 Å². The molecule has 0 heterocycles. The van der Waals surface area contributed by atoms with Crippen molar-refractivity contribution in [2.24, 2.45) is 5.92 Å². The van der Waals surface area contributed by atoms with Crippen LogP contribution < -0.4 is 4.74 Å². The van der Waals surface area contributed by atoms with Gasteiger partial charge in [-0.2, -0.15) is 21.6 Å². The van der Waals surface area contributed by atoms with E-state index in [1.54, 1.807) is 19.1 Å². The van der Waals surface area contributed by atoms with Crippen LogP contribution in [0.2, 0.25) is 0 Å². The molecule has 8 heteroatoms. The molecule has 0 spiro atoms. The largest absolute Gasteiger partial charge is 0.490 e. The Morgan fingerprint density at radius 3 is 2.33 bits per heavy atom. The van der Waals surface area contributed by atoms with Crippen LogP contribution in [0.3, 0.4) is 0 Å². The molecule has 3 rings (SSSR count). The minimum absolute atomic E-state index is 0.0298. The number of hydrogen-bond acceptors (Lipinski definition) is 4. The molecule has 1 saturated carbocycles. The maximum Gasteiger partial charge on any atom is 0.420 e. The monoisotopic (exact) mass is 444 g/mol. The highest BCUT2D eigenvalue weighted by Gasteiger charge is 2.37. The maximum atomic E-state index is 14.0. The third-order valence-electron chi connectivity index (χ3n) is 5.58. The van der Waals surface area contributed by atoms with E-state index in [9.17, 15) is 21.6 Å². The van der Waals surface area contributed by atoms with Gasteiger partial charge in [-0.25, -0.2) is 0 Å². The van der Waals surface area contributed by atoms with Crippen LogP contribution in [-0.4, -0.2) is 20.8 Å². The molecule has 2 aromatic carbocycles. The van der Waals surface area contributed by atoms with Gasteiger partial charge in [0, 0.05) is 0 Å². The van der Waals surface area contributed by atoms with Gasteiger partial charge >= 0.3 is 6.18 Å². The van der Waals surface area contributed by atoms with Crippen molar-refractivity contribution in [2.75, 3.05) is 6.26 Å². The summed E-state index contributed by atoms with van der Waals surface area (Å²) in [6.07, 6.45) is -0.840. The zero-order valence-electron chi connectivity index (χ0n) is 17.3. The van der Waals surface area contributed by atoms with Gasteiger partial charge in [-0.15, -0.1) is 0 Å². The lowest BCUT2D eigenvalue weighted by atomic mass is 9.89. The fraction of sp³-hybridized carbons (Fsp3) is 0.545. The molecule has 0 N–H and O–H groups in total. The molecule has 1 aliphatic rings. The first kappa shape index (κ1) is 22.9. The van der Waals surface area contributed by atoms with Crippen molar-refractivity contribution in [1.82, 2.24) is 0 Å². The van der Waals surface area contributed by atoms with Gasteiger partial charge < -0.3 is 4.74 Å². The van der Waals surface area contributed by atoms with Crippen molar-refractivity contribution in [1.29, 1.82) is 0 Å². The Labute approximate surface area is 175 Å². The van der Waals surface area contributed by atoms with Crippen LogP contribution in [0.5, 0.6) is 5.75 Å². The molecule has 1 unspecified atom stereocenters. The first-order valence-corrected chi connectivity index (χ1v) is 12.0. The molecular formula is C22H27F3O4S. The summed E-state index contributed by atoms with van der Waals surface area (Å²) in [6.45, 7) is 3.89. The Morgan fingerprint density at radius 2 is 1.77 bits per heavy atom. The highest BCUT2D eigenvalue weighted by molar-refractivity contribution is 7.86. The third-order valence-corrected chi connectivity index (χ3v) is 6.16. The van der Waals surface area contributed by atoms with E-state index in [-0.39, 0.29) is 17.2 Å². The quantitative estimate of drug-likeness (QED) is 0.495. The summed E-state index contributed by atoms with van der Waals surface area (Å²) in [6, 6.07) is 7.37. The van der Waals surface area contributed by atoms with Crippen LogP contribution in [0.4, 0.5) is 13.2 Å². The summed E-state index contributed by atoms with van der Waals surface area (Å²) in [7, 11) is -3.70. The van der Waals surface area contributed by atoms with Gasteiger partial charge in [-0.05, 0) is 66.5 Å². The minimum atomic E-state index is -4.58. The van der Waals surface area contributed by atoms with Gasteiger partial charge in [0.2, 0.25) is 0 Å². The van der Waals surface area contributed by atoms with Crippen molar-refractivity contribution in [3.63, 3.8) is 0 Å². The third kappa shape index (κ3) is 5.46. The Balaban J connectivity index is 2.00. The molecule has 2 aromatic rings. The van der Waals surface area contributed by atoms with E-state index in [1.807, 2.05) is 0 Å². The minimum Gasteiger partial charge on any atom is -0.490 e. The lowest BCUT2D eigenvalue weighted by Gasteiger charge is -2.28.